The Labute approximate surface area is 105 Å². The van der Waals surface area contributed by atoms with Crippen molar-refractivity contribution in [2.45, 2.75) is 13.3 Å². The Morgan fingerprint density at radius 2 is 2.25 bits per heavy atom. The minimum absolute atomic E-state index is 0.935. The van der Waals surface area contributed by atoms with Crippen LogP contribution in [0.15, 0.2) is 46.3 Å². The average Bonchev–Trinajstić information content (AvgIpc) is 2.89. The van der Waals surface area contributed by atoms with Gasteiger partial charge < -0.3 is 0 Å². The number of para-hydroxylation sites is 1. The van der Waals surface area contributed by atoms with Crippen molar-refractivity contribution in [3.63, 3.8) is 0 Å². The summed E-state index contributed by atoms with van der Waals surface area (Å²) in [7, 11) is 0. The summed E-state index contributed by atoms with van der Waals surface area (Å²) >= 11 is 6.13. The van der Waals surface area contributed by atoms with E-state index in [-0.39, 0.29) is 0 Å². The van der Waals surface area contributed by atoms with Gasteiger partial charge in [-0.05, 0) is 30.3 Å². The van der Waals surface area contributed by atoms with Crippen molar-refractivity contribution in [2.75, 3.05) is 0 Å². The van der Waals surface area contributed by atoms with Crippen LogP contribution in [0.4, 0.5) is 5.69 Å². The minimum atomic E-state index is 0.935. The molecule has 82 valence electrons. The van der Waals surface area contributed by atoms with Crippen LogP contribution in [0.5, 0.6) is 0 Å². The lowest BCUT2D eigenvalue weighted by Crippen LogP contribution is -1.78. The number of aryl methyl sites for hydroxylation is 1. The Kier molecular flexibility index (Phi) is 6.26. The highest BCUT2D eigenvalue weighted by Gasteiger charge is 1.94. The van der Waals surface area contributed by atoms with Crippen molar-refractivity contribution in [1.29, 1.82) is 0 Å². The summed E-state index contributed by atoms with van der Waals surface area (Å²) in [5.74, 6) is 0. The fourth-order valence-corrected chi connectivity index (χ4v) is 1.59. The first-order valence-corrected chi connectivity index (χ1v) is 6.21. The van der Waals surface area contributed by atoms with Gasteiger partial charge in [-0.1, -0.05) is 25.1 Å². The highest BCUT2D eigenvalue weighted by atomic mass is 32.1. The first-order valence-electron chi connectivity index (χ1n) is 4.86. The third-order valence-corrected chi connectivity index (χ3v) is 2.50. The number of hydrogen-bond acceptors (Lipinski definition) is 4. The van der Waals surface area contributed by atoms with Crippen molar-refractivity contribution >= 4 is 34.4 Å². The monoisotopic (exact) mass is 248 g/mol. The van der Waals surface area contributed by atoms with Crippen molar-refractivity contribution in [3.8, 4) is 0 Å². The number of aliphatic imine (C=N–C) groups is 1. The highest BCUT2D eigenvalue weighted by molar-refractivity contribution is 7.78. The molecular weight excluding hydrogens is 236 g/mol. The molecule has 4 heteroatoms. The standard InChI is InChI=1S/C9H9NS.C3H3NS/c1-2-8-5-3-4-6-9(8)10-7-11;1-2-5-3-4-1/h3-6H,2H2,1H3;1-3H. The third kappa shape index (κ3) is 4.45. The lowest BCUT2D eigenvalue weighted by Gasteiger charge is -1.98. The van der Waals surface area contributed by atoms with Gasteiger partial charge in [-0.2, -0.15) is 4.99 Å². The largest absolute Gasteiger partial charge is 0.253 e. The van der Waals surface area contributed by atoms with E-state index in [1.54, 1.807) is 23.0 Å². The molecular formula is C12H12N2S2. The Morgan fingerprint density at radius 3 is 2.75 bits per heavy atom. The Bertz CT molecular complexity index is 429. The second-order valence-corrected chi connectivity index (χ2v) is 3.80. The smallest absolute Gasteiger partial charge is 0.0791 e. The van der Waals surface area contributed by atoms with Gasteiger partial charge in [0.05, 0.1) is 16.4 Å². The predicted molar refractivity (Wildman–Crippen MR) is 72.6 cm³/mol. The number of thiazole rings is 1. The van der Waals surface area contributed by atoms with Crippen molar-refractivity contribution < 1.29 is 0 Å². The van der Waals surface area contributed by atoms with E-state index in [1.807, 2.05) is 29.6 Å². The molecule has 1 heterocycles. The second kappa shape index (κ2) is 7.88. The molecule has 1 aromatic heterocycles. The molecule has 0 spiro atoms. The lowest BCUT2D eigenvalue weighted by atomic mass is 10.1. The maximum absolute atomic E-state index is 4.52. The van der Waals surface area contributed by atoms with E-state index in [9.17, 15) is 0 Å². The highest BCUT2D eigenvalue weighted by Crippen LogP contribution is 2.17. The maximum atomic E-state index is 4.52. The Balaban J connectivity index is 0.000000212. The molecule has 0 fully saturated rings. The Morgan fingerprint density at radius 1 is 1.44 bits per heavy atom. The molecule has 0 aliphatic heterocycles. The lowest BCUT2D eigenvalue weighted by molar-refractivity contribution is 1.13. The van der Waals surface area contributed by atoms with E-state index in [0.29, 0.717) is 0 Å². The molecule has 0 aliphatic rings. The summed E-state index contributed by atoms with van der Waals surface area (Å²) < 4.78 is 0. The fraction of sp³-hybridized carbons (Fsp3) is 0.167. The maximum Gasteiger partial charge on any atom is 0.0791 e. The Hall–Kier alpha value is -1.35. The van der Waals surface area contributed by atoms with Crippen LogP contribution in [0.1, 0.15) is 12.5 Å². The van der Waals surface area contributed by atoms with Crippen molar-refractivity contribution in [3.05, 3.63) is 46.9 Å². The van der Waals surface area contributed by atoms with Gasteiger partial charge in [0.15, 0.2) is 0 Å². The minimum Gasteiger partial charge on any atom is -0.253 e. The molecule has 2 nitrogen and oxygen atoms in total. The quantitative estimate of drug-likeness (QED) is 0.590. The second-order valence-electron chi connectivity index (χ2n) is 2.86. The van der Waals surface area contributed by atoms with Gasteiger partial charge in [0.2, 0.25) is 0 Å². The van der Waals surface area contributed by atoms with Crippen LogP contribution >= 0.6 is 23.6 Å². The summed E-state index contributed by atoms with van der Waals surface area (Å²) in [5, 5.41) is 4.30. The summed E-state index contributed by atoms with van der Waals surface area (Å²) in [6.07, 6.45) is 2.75. The van der Waals surface area contributed by atoms with Crippen LogP contribution in [0.25, 0.3) is 0 Å². The number of benzene rings is 1. The fourth-order valence-electron chi connectivity index (χ4n) is 1.14. The van der Waals surface area contributed by atoms with Crippen LogP contribution in [0.2, 0.25) is 0 Å². The van der Waals surface area contributed by atoms with Gasteiger partial charge >= 0.3 is 0 Å². The van der Waals surface area contributed by atoms with Crippen LogP contribution in [0, 0.1) is 0 Å². The van der Waals surface area contributed by atoms with Crippen LogP contribution in [-0.4, -0.2) is 10.1 Å². The topological polar surface area (TPSA) is 25.2 Å². The zero-order valence-corrected chi connectivity index (χ0v) is 10.6. The first kappa shape index (κ1) is 12.7. The van der Waals surface area contributed by atoms with Gasteiger partial charge in [-0.15, -0.1) is 11.3 Å². The van der Waals surface area contributed by atoms with E-state index < -0.39 is 0 Å². The van der Waals surface area contributed by atoms with E-state index in [2.05, 4.69) is 34.3 Å². The number of rotatable bonds is 2. The van der Waals surface area contributed by atoms with E-state index in [1.165, 1.54) is 5.56 Å². The molecule has 0 aliphatic carbocycles. The van der Waals surface area contributed by atoms with Crippen LogP contribution in [0.3, 0.4) is 0 Å². The average molecular weight is 248 g/mol. The van der Waals surface area contributed by atoms with Crippen LogP contribution < -0.4 is 0 Å². The molecule has 0 radical (unpaired) electrons. The van der Waals surface area contributed by atoms with Gasteiger partial charge in [0.25, 0.3) is 0 Å². The van der Waals surface area contributed by atoms with Gasteiger partial charge in [-0.3, -0.25) is 4.98 Å². The predicted octanol–water partition coefficient (Wildman–Crippen LogP) is 4.13. The summed E-state index contributed by atoms with van der Waals surface area (Å²) in [6.45, 7) is 2.09. The van der Waals surface area contributed by atoms with Crippen LogP contribution in [-0.2, 0) is 6.42 Å². The van der Waals surface area contributed by atoms with E-state index >= 15 is 0 Å². The molecule has 0 saturated heterocycles. The molecule has 0 bridgehead atoms. The number of isothiocyanates is 1. The zero-order chi connectivity index (χ0) is 11.6. The van der Waals surface area contributed by atoms with Gasteiger partial charge in [-0.25, -0.2) is 0 Å². The molecule has 0 N–H and O–H groups in total. The first-order chi connectivity index (χ1) is 7.88. The molecule has 1 aromatic carbocycles. The normalized spacial score (nSPS) is 8.56. The molecule has 16 heavy (non-hydrogen) atoms. The number of hydrogen-bond donors (Lipinski definition) is 0. The molecule has 0 saturated carbocycles. The SMILES string of the molecule is CCc1ccccc1N=C=S.c1cscn1. The molecule has 2 aromatic rings. The number of aromatic nitrogens is 1. The van der Waals surface area contributed by atoms with Gasteiger partial charge in [0.1, 0.15) is 0 Å². The zero-order valence-electron chi connectivity index (χ0n) is 8.96. The van der Waals surface area contributed by atoms with E-state index in [4.69, 9.17) is 0 Å². The summed E-state index contributed by atoms with van der Waals surface area (Å²) in [5.41, 5.74) is 3.94. The van der Waals surface area contributed by atoms with Crippen molar-refractivity contribution in [2.24, 2.45) is 4.99 Å². The number of thiocarbonyl (C=S) groups is 1. The number of nitrogens with zero attached hydrogens (tertiary/aromatic N) is 2. The van der Waals surface area contributed by atoms with E-state index in [0.717, 1.165) is 12.1 Å². The molecule has 0 unspecified atom stereocenters. The summed E-state index contributed by atoms with van der Waals surface area (Å²) in [6, 6.07) is 7.94. The summed E-state index contributed by atoms with van der Waals surface area (Å²) in [4.78, 5) is 7.68. The third-order valence-electron chi connectivity index (χ3n) is 1.89. The molecule has 0 amide bonds. The molecule has 2 rings (SSSR count). The molecule has 0 atom stereocenters. The van der Waals surface area contributed by atoms with Gasteiger partial charge in [0, 0.05) is 11.6 Å². The van der Waals surface area contributed by atoms with Crippen molar-refractivity contribution in [1.82, 2.24) is 4.98 Å².